The molecule has 4 heterocycles. The molecular weight excluding hydrogens is 334 g/mol. The van der Waals surface area contributed by atoms with Crippen molar-refractivity contribution >= 4 is 27.3 Å². The number of fused-ring (bicyclic) bond motifs is 1. The van der Waals surface area contributed by atoms with Crippen molar-refractivity contribution in [1.29, 1.82) is 0 Å². The first kappa shape index (κ1) is 16.7. The van der Waals surface area contributed by atoms with Crippen molar-refractivity contribution in [3.8, 4) is 0 Å². The Kier molecular flexibility index (Phi) is 4.60. The molecule has 0 aromatic carbocycles. The van der Waals surface area contributed by atoms with Gasteiger partial charge in [-0.2, -0.15) is 5.10 Å². The van der Waals surface area contributed by atoms with Crippen molar-refractivity contribution in [1.82, 2.24) is 25.7 Å². The number of hydrogen-bond acceptors (Lipinski definition) is 7. The maximum Gasteiger partial charge on any atom is 0.154 e. The maximum absolute atomic E-state index is 6.30. The normalized spacial score (nSPS) is 23.2. The molecule has 2 aliphatic heterocycles. The number of nitrogens with two attached hydrogens (primary N) is 1. The second kappa shape index (κ2) is 6.87. The monoisotopic (exact) mass is 359 g/mol. The fraction of sp³-hybridized carbons (Fsp3) is 0.529. The largest absolute Gasteiger partial charge is 0.369 e. The van der Waals surface area contributed by atoms with E-state index in [9.17, 15) is 0 Å². The Morgan fingerprint density at radius 1 is 1.36 bits per heavy atom. The molecule has 0 radical (unpaired) electrons. The van der Waals surface area contributed by atoms with Crippen LogP contribution < -0.4 is 21.7 Å². The molecule has 1 fully saturated rings. The van der Waals surface area contributed by atoms with Crippen LogP contribution in [-0.2, 0) is 0 Å². The second-order valence-electron chi connectivity index (χ2n) is 6.79. The third-order valence-electron chi connectivity index (χ3n) is 4.83. The van der Waals surface area contributed by atoms with E-state index in [2.05, 4.69) is 32.1 Å². The zero-order valence-electron chi connectivity index (χ0n) is 14.6. The van der Waals surface area contributed by atoms with Gasteiger partial charge in [-0.3, -0.25) is 16.0 Å². The first-order valence-electron chi connectivity index (χ1n) is 8.79. The molecule has 2 aromatic heterocycles. The summed E-state index contributed by atoms with van der Waals surface area (Å²) in [7, 11) is 0. The third-order valence-corrected chi connectivity index (χ3v) is 6.03. The van der Waals surface area contributed by atoms with E-state index in [0.717, 1.165) is 29.3 Å². The molecule has 134 valence electrons. The molecule has 4 rings (SSSR count). The second-order valence-corrected chi connectivity index (χ2v) is 7.85. The van der Waals surface area contributed by atoms with Crippen molar-refractivity contribution in [3.63, 3.8) is 0 Å². The molecule has 2 unspecified atom stereocenters. The van der Waals surface area contributed by atoms with Crippen molar-refractivity contribution in [2.45, 2.75) is 45.1 Å². The summed E-state index contributed by atoms with van der Waals surface area (Å²) >= 11 is 1.80. The molecule has 7 nitrogen and oxygen atoms in total. The van der Waals surface area contributed by atoms with Crippen LogP contribution in [0.25, 0.3) is 10.2 Å². The van der Waals surface area contributed by atoms with E-state index in [1.807, 2.05) is 26.2 Å². The Morgan fingerprint density at radius 2 is 2.16 bits per heavy atom. The molecule has 2 aromatic rings. The molecule has 8 heteroatoms. The Morgan fingerprint density at radius 3 is 2.88 bits per heavy atom. The smallest absolute Gasteiger partial charge is 0.154 e. The highest BCUT2D eigenvalue weighted by atomic mass is 32.1. The fourth-order valence-corrected chi connectivity index (χ4v) is 4.60. The molecule has 0 spiro atoms. The van der Waals surface area contributed by atoms with Crippen LogP contribution >= 0.6 is 11.3 Å². The van der Waals surface area contributed by atoms with Gasteiger partial charge in [-0.05, 0) is 51.8 Å². The van der Waals surface area contributed by atoms with Gasteiger partial charge in [-0.25, -0.2) is 4.68 Å². The SMILES string of the molecule is CC1=CNC(NC(N)n2cc3cc(C4CCNCC4)sc3n2)C(C)=N1. The molecule has 25 heavy (non-hydrogen) atoms. The topological polar surface area (TPSA) is 92.3 Å². The first-order valence-corrected chi connectivity index (χ1v) is 9.61. The van der Waals surface area contributed by atoms with Gasteiger partial charge in [0, 0.05) is 22.7 Å². The van der Waals surface area contributed by atoms with E-state index in [0.29, 0.717) is 5.92 Å². The summed E-state index contributed by atoms with van der Waals surface area (Å²) in [5.41, 5.74) is 8.23. The Hall–Kier alpha value is -1.74. The zero-order chi connectivity index (χ0) is 17.4. The number of rotatable bonds is 4. The van der Waals surface area contributed by atoms with Gasteiger partial charge in [0.25, 0.3) is 0 Å². The number of aromatic nitrogens is 2. The van der Waals surface area contributed by atoms with Crippen LogP contribution in [0, 0.1) is 0 Å². The van der Waals surface area contributed by atoms with E-state index >= 15 is 0 Å². The van der Waals surface area contributed by atoms with E-state index in [1.165, 1.54) is 23.1 Å². The van der Waals surface area contributed by atoms with Crippen LogP contribution in [0.3, 0.4) is 0 Å². The van der Waals surface area contributed by atoms with Crippen LogP contribution in [0.1, 0.15) is 43.8 Å². The lowest BCUT2D eigenvalue weighted by Gasteiger charge is -2.26. The number of aliphatic imine (C=N–C) groups is 1. The number of nitrogens with zero attached hydrogens (tertiary/aromatic N) is 3. The first-order chi connectivity index (χ1) is 12.1. The summed E-state index contributed by atoms with van der Waals surface area (Å²) in [6.45, 7) is 6.17. The average molecular weight is 360 g/mol. The molecule has 5 N–H and O–H groups in total. The van der Waals surface area contributed by atoms with Crippen LogP contribution in [0.4, 0.5) is 0 Å². The van der Waals surface area contributed by atoms with Crippen LogP contribution in [0.2, 0.25) is 0 Å². The summed E-state index contributed by atoms with van der Waals surface area (Å²) in [6.07, 6.45) is 5.86. The average Bonchev–Trinajstić information content (AvgIpc) is 3.17. The van der Waals surface area contributed by atoms with E-state index in [1.54, 1.807) is 16.0 Å². The minimum Gasteiger partial charge on any atom is -0.369 e. The van der Waals surface area contributed by atoms with Gasteiger partial charge in [0.05, 0.1) is 11.4 Å². The minimum atomic E-state index is -0.406. The molecule has 2 atom stereocenters. The van der Waals surface area contributed by atoms with E-state index in [4.69, 9.17) is 5.73 Å². The van der Waals surface area contributed by atoms with Gasteiger partial charge in [0.2, 0.25) is 0 Å². The van der Waals surface area contributed by atoms with E-state index in [-0.39, 0.29) is 6.17 Å². The number of thiophene rings is 1. The third kappa shape index (κ3) is 3.48. The zero-order valence-corrected chi connectivity index (χ0v) is 15.4. The predicted octanol–water partition coefficient (Wildman–Crippen LogP) is 1.82. The lowest BCUT2D eigenvalue weighted by atomic mass is 9.96. The molecule has 0 saturated carbocycles. The van der Waals surface area contributed by atoms with Crippen molar-refractivity contribution in [2.24, 2.45) is 10.7 Å². The van der Waals surface area contributed by atoms with Crippen LogP contribution in [0.15, 0.2) is 29.2 Å². The van der Waals surface area contributed by atoms with Crippen LogP contribution in [0.5, 0.6) is 0 Å². The molecular formula is C17H25N7S. The van der Waals surface area contributed by atoms with Gasteiger partial charge in [0.1, 0.15) is 11.0 Å². The number of hydrogen-bond donors (Lipinski definition) is 4. The Bertz CT molecular complexity index is 781. The predicted molar refractivity (Wildman–Crippen MR) is 103 cm³/mol. The molecule has 2 aliphatic rings. The highest BCUT2D eigenvalue weighted by molar-refractivity contribution is 7.18. The highest BCUT2D eigenvalue weighted by Crippen LogP contribution is 2.34. The number of nitrogens with one attached hydrogen (secondary N) is 3. The van der Waals surface area contributed by atoms with Crippen molar-refractivity contribution in [2.75, 3.05) is 13.1 Å². The fourth-order valence-electron chi connectivity index (χ4n) is 3.43. The number of piperidine rings is 1. The highest BCUT2D eigenvalue weighted by Gasteiger charge is 2.21. The number of allylic oxidation sites excluding steroid dienone is 1. The minimum absolute atomic E-state index is 0.0776. The molecule has 0 aliphatic carbocycles. The summed E-state index contributed by atoms with van der Waals surface area (Å²) in [6, 6.07) is 2.28. The Labute approximate surface area is 151 Å². The standard InChI is InChI=1S/C17H25N7S/c1-10-8-20-15(11(2)21-10)22-17(18)24-9-13-7-14(25-16(13)23-24)12-3-5-19-6-4-12/h7-9,12,15,17,19-20,22H,3-6,18H2,1-2H3. The van der Waals surface area contributed by atoms with Gasteiger partial charge in [-0.1, -0.05) is 0 Å². The van der Waals surface area contributed by atoms with E-state index < -0.39 is 6.29 Å². The van der Waals surface area contributed by atoms with Crippen molar-refractivity contribution < 1.29 is 0 Å². The summed E-state index contributed by atoms with van der Waals surface area (Å²) in [5.74, 6) is 0.668. The van der Waals surface area contributed by atoms with Crippen LogP contribution in [-0.4, -0.2) is 34.7 Å². The molecule has 1 saturated heterocycles. The quantitative estimate of drug-likeness (QED) is 0.625. The maximum atomic E-state index is 6.30. The van der Waals surface area contributed by atoms with Gasteiger partial charge < -0.3 is 10.6 Å². The summed E-state index contributed by atoms with van der Waals surface area (Å²) < 4.78 is 1.80. The summed E-state index contributed by atoms with van der Waals surface area (Å²) in [5, 5.41) is 15.9. The Balaban J connectivity index is 1.46. The van der Waals surface area contributed by atoms with Gasteiger partial charge >= 0.3 is 0 Å². The van der Waals surface area contributed by atoms with Gasteiger partial charge in [-0.15, -0.1) is 11.3 Å². The van der Waals surface area contributed by atoms with Crippen molar-refractivity contribution in [3.05, 3.63) is 29.0 Å². The molecule has 0 bridgehead atoms. The summed E-state index contributed by atoms with van der Waals surface area (Å²) in [4.78, 5) is 6.98. The van der Waals surface area contributed by atoms with Gasteiger partial charge in [0.15, 0.2) is 6.29 Å². The molecule has 0 amide bonds. The lowest BCUT2D eigenvalue weighted by molar-refractivity contribution is 0.353. The lowest BCUT2D eigenvalue weighted by Crippen LogP contribution is -2.51.